The van der Waals surface area contributed by atoms with Crippen molar-refractivity contribution in [1.29, 1.82) is 0 Å². The lowest BCUT2D eigenvalue weighted by Gasteiger charge is -2.05. The Labute approximate surface area is 165 Å². The zero-order valence-electron chi connectivity index (χ0n) is 15.3. The summed E-state index contributed by atoms with van der Waals surface area (Å²) in [5.41, 5.74) is 2.33. The van der Waals surface area contributed by atoms with E-state index in [9.17, 15) is 9.59 Å². The summed E-state index contributed by atoms with van der Waals surface area (Å²) in [6, 6.07) is 15.3. The Morgan fingerprint density at radius 2 is 1.93 bits per heavy atom. The molecule has 2 aromatic carbocycles. The number of oxazole rings is 1. The van der Waals surface area contributed by atoms with Gasteiger partial charge in [0, 0.05) is 13.0 Å². The lowest BCUT2D eigenvalue weighted by molar-refractivity contribution is -0.143. The average molecular weight is 396 g/mol. The molecule has 0 fully saturated rings. The van der Waals surface area contributed by atoms with Gasteiger partial charge in [0.25, 0.3) is 0 Å². The summed E-state index contributed by atoms with van der Waals surface area (Å²) in [5, 5.41) is 1.04. The molecule has 0 atom stereocenters. The summed E-state index contributed by atoms with van der Waals surface area (Å²) in [6.07, 6.45) is 2.41. The van der Waals surface area contributed by atoms with Crippen LogP contribution in [0.1, 0.15) is 24.3 Å². The molecule has 7 heteroatoms. The molecule has 0 saturated heterocycles. The van der Waals surface area contributed by atoms with Gasteiger partial charge in [-0.15, -0.1) is 11.3 Å². The number of aryl methyl sites for hydroxylation is 2. The van der Waals surface area contributed by atoms with Crippen LogP contribution in [0.4, 0.5) is 0 Å². The number of thiazole rings is 1. The topological polar surface area (TPSA) is 74.3 Å². The van der Waals surface area contributed by atoms with Crippen molar-refractivity contribution in [3.63, 3.8) is 0 Å². The van der Waals surface area contributed by atoms with Crippen LogP contribution in [0.15, 0.2) is 57.7 Å². The SMILES string of the molecule is O=C(CCCc1nc2ccccc2s1)OCCCn1c(=O)oc2ccccc21. The van der Waals surface area contributed by atoms with Crippen molar-refractivity contribution in [2.75, 3.05) is 6.61 Å². The number of benzene rings is 2. The number of esters is 1. The lowest BCUT2D eigenvalue weighted by atomic mass is 10.2. The van der Waals surface area contributed by atoms with Crippen LogP contribution >= 0.6 is 11.3 Å². The number of carbonyl (C=O) groups is 1. The maximum atomic E-state index is 11.9. The highest BCUT2D eigenvalue weighted by molar-refractivity contribution is 7.18. The van der Waals surface area contributed by atoms with E-state index in [4.69, 9.17) is 9.15 Å². The van der Waals surface area contributed by atoms with E-state index in [-0.39, 0.29) is 18.3 Å². The van der Waals surface area contributed by atoms with Crippen molar-refractivity contribution in [1.82, 2.24) is 9.55 Å². The Morgan fingerprint density at radius 1 is 1.11 bits per heavy atom. The van der Waals surface area contributed by atoms with Gasteiger partial charge in [-0.2, -0.15) is 0 Å². The molecule has 4 aromatic rings. The molecule has 0 aliphatic carbocycles. The molecule has 0 aliphatic rings. The van der Waals surface area contributed by atoms with Gasteiger partial charge in [-0.05, 0) is 43.5 Å². The first kappa shape index (κ1) is 18.4. The molecule has 144 valence electrons. The van der Waals surface area contributed by atoms with Gasteiger partial charge in [0.05, 0.1) is 27.3 Å². The van der Waals surface area contributed by atoms with Crippen molar-refractivity contribution in [3.8, 4) is 0 Å². The van der Waals surface area contributed by atoms with Crippen LogP contribution in [0.25, 0.3) is 21.3 Å². The van der Waals surface area contributed by atoms with Crippen LogP contribution < -0.4 is 5.76 Å². The number of ether oxygens (including phenoxy) is 1. The smallest absolute Gasteiger partial charge is 0.419 e. The zero-order chi connectivity index (χ0) is 19.3. The van der Waals surface area contributed by atoms with Gasteiger partial charge in [-0.25, -0.2) is 9.78 Å². The van der Waals surface area contributed by atoms with Crippen molar-refractivity contribution < 1.29 is 13.9 Å². The van der Waals surface area contributed by atoms with E-state index in [1.54, 1.807) is 22.0 Å². The molecule has 2 aromatic heterocycles. The Balaban J connectivity index is 1.19. The number of carbonyl (C=O) groups excluding carboxylic acids is 1. The predicted molar refractivity (Wildman–Crippen MR) is 109 cm³/mol. The molecule has 0 amide bonds. The Hall–Kier alpha value is -2.93. The van der Waals surface area contributed by atoms with Gasteiger partial charge >= 0.3 is 11.7 Å². The van der Waals surface area contributed by atoms with Gasteiger partial charge in [0.15, 0.2) is 5.58 Å². The summed E-state index contributed by atoms with van der Waals surface area (Å²) in [5.74, 6) is -0.603. The number of fused-ring (bicyclic) bond motifs is 2. The molecule has 4 rings (SSSR count). The van der Waals surface area contributed by atoms with E-state index in [1.165, 1.54) is 4.70 Å². The molecule has 28 heavy (non-hydrogen) atoms. The maximum absolute atomic E-state index is 11.9. The third-order valence-electron chi connectivity index (χ3n) is 4.47. The van der Waals surface area contributed by atoms with Crippen LogP contribution in [0.3, 0.4) is 0 Å². The van der Waals surface area contributed by atoms with Gasteiger partial charge in [-0.3, -0.25) is 9.36 Å². The minimum atomic E-state index is -0.386. The number of aromatic nitrogens is 2. The third-order valence-corrected chi connectivity index (χ3v) is 5.57. The second-order valence-corrected chi connectivity index (χ2v) is 7.61. The maximum Gasteiger partial charge on any atom is 0.419 e. The molecule has 0 unspecified atom stereocenters. The number of hydrogen-bond donors (Lipinski definition) is 0. The molecule has 2 heterocycles. The monoisotopic (exact) mass is 396 g/mol. The van der Waals surface area contributed by atoms with Crippen LogP contribution in [-0.2, 0) is 22.5 Å². The summed E-state index contributed by atoms with van der Waals surface area (Å²) < 4.78 is 13.2. The van der Waals surface area contributed by atoms with Crippen LogP contribution in [0.2, 0.25) is 0 Å². The van der Waals surface area contributed by atoms with Gasteiger partial charge in [0.2, 0.25) is 0 Å². The molecule has 0 bridgehead atoms. The number of rotatable bonds is 8. The minimum Gasteiger partial charge on any atom is -0.466 e. The molecular formula is C21H20N2O4S. The standard InChI is InChI=1S/C21H20N2O4S/c24-20(12-5-11-19-22-15-7-1-4-10-18(15)28-19)26-14-6-13-23-16-8-2-3-9-17(16)27-21(23)25/h1-4,7-10H,5-6,11-14H2. The van der Waals surface area contributed by atoms with Gasteiger partial charge in [-0.1, -0.05) is 24.3 Å². The summed E-state index contributed by atoms with van der Waals surface area (Å²) in [6.45, 7) is 0.737. The van der Waals surface area contributed by atoms with E-state index in [0.717, 1.165) is 22.5 Å². The first-order valence-corrected chi connectivity index (χ1v) is 10.1. The first-order chi connectivity index (χ1) is 13.7. The molecular weight excluding hydrogens is 376 g/mol. The van der Waals surface area contributed by atoms with Crippen LogP contribution in [0.5, 0.6) is 0 Å². The average Bonchev–Trinajstić information content (AvgIpc) is 3.25. The second-order valence-electron chi connectivity index (χ2n) is 6.49. The fourth-order valence-electron chi connectivity index (χ4n) is 3.12. The summed E-state index contributed by atoms with van der Waals surface area (Å²) >= 11 is 1.67. The van der Waals surface area contributed by atoms with E-state index >= 15 is 0 Å². The fourth-order valence-corrected chi connectivity index (χ4v) is 4.13. The molecule has 0 radical (unpaired) electrons. The summed E-state index contributed by atoms with van der Waals surface area (Å²) in [4.78, 5) is 28.4. The number of para-hydroxylation sites is 3. The van der Waals surface area contributed by atoms with Crippen molar-refractivity contribution in [2.24, 2.45) is 0 Å². The Bertz CT molecular complexity index is 1120. The zero-order valence-corrected chi connectivity index (χ0v) is 16.1. The third kappa shape index (κ3) is 4.14. The normalized spacial score (nSPS) is 11.3. The van der Waals surface area contributed by atoms with Gasteiger partial charge < -0.3 is 9.15 Å². The number of hydrogen-bond acceptors (Lipinski definition) is 6. The highest BCUT2D eigenvalue weighted by Crippen LogP contribution is 2.22. The Morgan fingerprint density at radius 3 is 2.82 bits per heavy atom. The van der Waals surface area contributed by atoms with E-state index < -0.39 is 0 Å². The Kier molecular flexibility index (Phi) is 5.53. The summed E-state index contributed by atoms with van der Waals surface area (Å²) in [7, 11) is 0. The molecule has 0 aliphatic heterocycles. The molecule has 0 saturated carbocycles. The van der Waals surface area contributed by atoms with Crippen molar-refractivity contribution >= 4 is 38.6 Å². The van der Waals surface area contributed by atoms with Crippen molar-refractivity contribution in [3.05, 3.63) is 64.1 Å². The second kappa shape index (κ2) is 8.39. The lowest BCUT2D eigenvalue weighted by Crippen LogP contribution is -2.16. The highest BCUT2D eigenvalue weighted by Gasteiger charge is 2.09. The van der Waals surface area contributed by atoms with Crippen LogP contribution in [-0.4, -0.2) is 22.1 Å². The molecule has 6 nitrogen and oxygen atoms in total. The van der Waals surface area contributed by atoms with E-state index in [1.807, 2.05) is 36.4 Å². The van der Waals surface area contributed by atoms with E-state index in [0.29, 0.717) is 31.4 Å². The van der Waals surface area contributed by atoms with Crippen LogP contribution in [0, 0.1) is 0 Å². The quantitative estimate of drug-likeness (QED) is 0.330. The van der Waals surface area contributed by atoms with E-state index in [2.05, 4.69) is 11.1 Å². The van der Waals surface area contributed by atoms with Crippen molar-refractivity contribution in [2.45, 2.75) is 32.2 Å². The fraction of sp³-hybridized carbons (Fsp3) is 0.286. The largest absolute Gasteiger partial charge is 0.466 e. The molecule has 0 spiro atoms. The highest BCUT2D eigenvalue weighted by atomic mass is 32.1. The van der Waals surface area contributed by atoms with Gasteiger partial charge in [0.1, 0.15) is 0 Å². The first-order valence-electron chi connectivity index (χ1n) is 9.29. The minimum absolute atomic E-state index is 0.217. The predicted octanol–water partition coefficient (Wildman–Crippen LogP) is 4.16. The molecule has 0 N–H and O–H groups in total. The number of nitrogens with zero attached hydrogens (tertiary/aromatic N) is 2.